The van der Waals surface area contributed by atoms with E-state index < -0.39 is 0 Å². The van der Waals surface area contributed by atoms with Crippen LogP contribution in [0.4, 0.5) is 0 Å². The molecule has 4 nitrogen and oxygen atoms in total. The van der Waals surface area contributed by atoms with Crippen LogP contribution in [-0.2, 0) is 4.74 Å². The molecule has 0 saturated heterocycles. The minimum atomic E-state index is 0.106. The summed E-state index contributed by atoms with van der Waals surface area (Å²) in [5.41, 5.74) is 3.09. The quantitative estimate of drug-likeness (QED) is 0.885. The van der Waals surface area contributed by atoms with Gasteiger partial charge in [0.15, 0.2) is 0 Å². The second-order valence-corrected chi connectivity index (χ2v) is 5.01. The van der Waals surface area contributed by atoms with Gasteiger partial charge in [-0.3, -0.25) is 0 Å². The lowest BCUT2D eigenvalue weighted by Crippen LogP contribution is -2.27. The molecule has 1 aromatic heterocycles. The monoisotopic (exact) mass is 261 g/mol. The summed E-state index contributed by atoms with van der Waals surface area (Å²) in [4.78, 5) is 0. The lowest BCUT2D eigenvalue weighted by Gasteiger charge is -2.26. The highest BCUT2D eigenvalue weighted by atomic mass is 16.5. The van der Waals surface area contributed by atoms with Gasteiger partial charge in [0.2, 0.25) is 0 Å². The average molecular weight is 261 g/mol. The van der Waals surface area contributed by atoms with Gasteiger partial charge in [0, 0.05) is 5.56 Å². The molecule has 0 aliphatic carbocycles. The van der Waals surface area contributed by atoms with Gasteiger partial charge in [-0.2, -0.15) is 10.2 Å². The Morgan fingerprint density at radius 1 is 1.37 bits per heavy atom. The molecule has 1 atom stereocenters. The molecule has 0 radical (unpaired) electrons. The first-order chi connectivity index (χ1) is 9.22. The maximum Gasteiger partial charge on any atom is 0.113 e. The molecular weight excluding hydrogens is 238 g/mol. The zero-order valence-electron chi connectivity index (χ0n) is 12.1. The van der Waals surface area contributed by atoms with Gasteiger partial charge in [-0.1, -0.05) is 6.92 Å². The van der Waals surface area contributed by atoms with Gasteiger partial charge in [0.05, 0.1) is 24.0 Å². The first-order valence-electron chi connectivity index (χ1n) is 7.09. The number of rotatable bonds is 5. The second-order valence-electron chi connectivity index (χ2n) is 5.01. The predicted molar refractivity (Wildman–Crippen MR) is 75.8 cm³/mol. The molecule has 1 N–H and O–H groups in total. The number of aromatic nitrogens is 2. The van der Waals surface area contributed by atoms with Crippen LogP contribution in [-0.4, -0.2) is 23.3 Å². The van der Waals surface area contributed by atoms with Gasteiger partial charge in [0.1, 0.15) is 5.76 Å². The molecule has 1 aromatic rings. The normalized spacial score (nSPS) is 16.7. The van der Waals surface area contributed by atoms with Crippen LogP contribution in [0.3, 0.4) is 0 Å². The maximum atomic E-state index is 5.84. The van der Waals surface area contributed by atoms with E-state index in [1.165, 1.54) is 5.56 Å². The Labute approximate surface area is 115 Å². The van der Waals surface area contributed by atoms with Gasteiger partial charge in [-0.25, -0.2) is 0 Å². The SMILES string of the molecule is CCCNC(C1=CCCCO1)c1cc(C)nnc1C. The molecule has 0 aromatic carbocycles. The molecule has 19 heavy (non-hydrogen) atoms. The Bertz CT molecular complexity index is 457. The summed E-state index contributed by atoms with van der Waals surface area (Å²) in [6, 6.07) is 2.21. The highest BCUT2D eigenvalue weighted by Crippen LogP contribution is 2.27. The third-order valence-corrected chi connectivity index (χ3v) is 3.30. The van der Waals surface area contributed by atoms with E-state index in [4.69, 9.17) is 4.74 Å². The van der Waals surface area contributed by atoms with Crippen LogP contribution in [0.25, 0.3) is 0 Å². The van der Waals surface area contributed by atoms with Crippen molar-refractivity contribution in [3.63, 3.8) is 0 Å². The molecule has 1 aliphatic rings. The first-order valence-corrected chi connectivity index (χ1v) is 7.09. The van der Waals surface area contributed by atoms with Crippen LogP contribution < -0.4 is 5.32 Å². The van der Waals surface area contributed by atoms with E-state index in [9.17, 15) is 0 Å². The molecule has 1 unspecified atom stereocenters. The molecule has 104 valence electrons. The zero-order chi connectivity index (χ0) is 13.7. The van der Waals surface area contributed by atoms with E-state index in [2.05, 4.69) is 34.6 Å². The third kappa shape index (κ3) is 3.53. The summed E-state index contributed by atoms with van der Waals surface area (Å²) in [6.07, 6.45) is 5.50. The molecule has 1 aliphatic heterocycles. The number of hydrogen-bond donors (Lipinski definition) is 1. The number of hydrogen-bond acceptors (Lipinski definition) is 4. The molecular formula is C15H23N3O. The summed E-state index contributed by atoms with van der Waals surface area (Å²) in [5, 5.41) is 11.9. The van der Waals surface area contributed by atoms with Gasteiger partial charge >= 0.3 is 0 Å². The van der Waals surface area contributed by atoms with Crippen molar-refractivity contribution in [1.82, 2.24) is 15.5 Å². The Balaban J connectivity index is 2.30. The summed E-state index contributed by atoms with van der Waals surface area (Å²) < 4.78 is 5.84. The highest BCUT2D eigenvalue weighted by Gasteiger charge is 2.22. The Hall–Kier alpha value is -1.42. The minimum Gasteiger partial charge on any atom is -0.496 e. The van der Waals surface area contributed by atoms with Crippen molar-refractivity contribution in [2.24, 2.45) is 0 Å². The van der Waals surface area contributed by atoms with E-state index in [-0.39, 0.29) is 6.04 Å². The van der Waals surface area contributed by atoms with Gasteiger partial charge in [-0.15, -0.1) is 0 Å². The van der Waals surface area contributed by atoms with E-state index in [0.717, 1.165) is 49.6 Å². The number of nitrogens with zero attached hydrogens (tertiary/aromatic N) is 2. The van der Waals surface area contributed by atoms with E-state index >= 15 is 0 Å². The van der Waals surface area contributed by atoms with Gasteiger partial charge in [-0.05, 0) is 51.8 Å². The molecule has 0 amide bonds. The van der Waals surface area contributed by atoms with E-state index in [1.807, 2.05) is 13.8 Å². The second kappa shape index (κ2) is 6.66. The van der Waals surface area contributed by atoms with E-state index in [1.54, 1.807) is 0 Å². The van der Waals surface area contributed by atoms with E-state index in [0.29, 0.717) is 0 Å². The molecule has 0 bridgehead atoms. The van der Waals surface area contributed by atoms with Crippen LogP contribution in [0.15, 0.2) is 17.9 Å². The molecule has 0 spiro atoms. The van der Waals surface area contributed by atoms with Crippen molar-refractivity contribution in [1.29, 1.82) is 0 Å². The van der Waals surface area contributed by atoms with Crippen LogP contribution in [0, 0.1) is 13.8 Å². The fourth-order valence-electron chi connectivity index (χ4n) is 2.29. The molecule has 2 rings (SSSR count). The smallest absolute Gasteiger partial charge is 0.113 e. The van der Waals surface area contributed by atoms with Crippen LogP contribution >= 0.6 is 0 Å². The number of aryl methyl sites for hydroxylation is 2. The van der Waals surface area contributed by atoms with Crippen molar-refractivity contribution < 1.29 is 4.74 Å². The van der Waals surface area contributed by atoms with Crippen LogP contribution in [0.1, 0.15) is 49.2 Å². The fourth-order valence-corrected chi connectivity index (χ4v) is 2.29. The van der Waals surface area contributed by atoms with Crippen molar-refractivity contribution in [2.45, 2.75) is 46.1 Å². The van der Waals surface area contributed by atoms with Crippen molar-refractivity contribution >= 4 is 0 Å². The summed E-state index contributed by atoms with van der Waals surface area (Å²) in [6.45, 7) is 7.93. The number of nitrogens with one attached hydrogen (secondary N) is 1. The van der Waals surface area contributed by atoms with Crippen molar-refractivity contribution in [3.05, 3.63) is 34.9 Å². The Kier molecular flexibility index (Phi) is 4.91. The van der Waals surface area contributed by atoms with Crippen LogP contribution in [0.5, 0.6) is 0 Å². The molecule has 0 fully saturated rings. The lowest BCUT2D eigenvalue weighted by atomic mass is 10.0. The number of ether oxygens (including phenoxy) is 1. The maximum absolute atomic E-state index is 5.84. The largest absolute Gasteiger partial charge is 0.496 e. The number of allylic oxidation sites excluding steroid dienone is 1. The highest BCUT2D eigenvalue weighted by molar-refractivity contribution is 5.30. The first kappa shape index (κ1) is 14.0. The van der Waals surface area contributed by atoms with Gasteiger partial charge in [0.25, 0.3) is 0 Å². The minimum absolute atomic E-state index is 0.106. The van der Waals surface area contributed by atoms with Crippen molar-refractivity contribution in [3.8, 4) is 0 Å². The molecule has 2 heterocycles. The average Bonchev–Trinajstić information content (AvgIpc) is 2.44. The topological polar surface area (TPSA) is 47.0 Å². The van der Waals surface area contributed by atoms with Crippen molar-refractivity contribution in [2.75, 3.05) is 13.2 Å². The summed E-state index contributed by atoms with van der Waals surface area (Å²) in [7, 11) is 0. The lowest BCUT2D eigenvalue weighted by molar-refractivity contribution is 0.167. The standard InChI is InChI=1S/C15H23N3O/c1-4-8-16-15(14-7-5-6-9-19-14)13-10-11(2)17-18-12(13)3/h7,10,15-16H,4-6,8-9H2,1-3H3. The van der Waals surface area contributed by atoms with Crippen LogP contribution in [0.2, 0.25) is 0 Å². The summed E-state index contributed by atoms with van der Waals surface area (Å²) in [5.74, 6) is 1.04. The Morgan fingerprint density at radius 3 is 2.89 bits per heavy atom. The molecule has 0 saturated carbocycles. The fraction of sp³-hybridized carbons (Fsp3) is 0.600. The molecule has 4 heteroatoms. The zero-order valence-corrected chi connectivity index (χ0v) is 12.1. The third-order valence-electron chi connectivity index (χ3n) is 3.30. The Morgan fingerprint density at radius 2 is 2.21 bits per heavy atom. The predicted octanol–water partition coefficient (Wildman–Crippen LogP) is 2.83. The summed E-state index contributed by atoms with van der Waals surface area (Å²) >= 11 is 0. The van der Waals surface area contributed by atoms with Gasteiger partial charge < -0.3 is 10.1 Å².